The molecular weight excluding hydrogens is 481 g/mol. The summed E-state index contributed by atoms with van der Waals surface area (Å²) >= 11 is 0. The maximum absolute atomic E-state index is 15.2. The molecule has 5 nitrogen and oxygen atoms in total. The van der Waals surface area contributed by atoms with Gasteiger partial charge in [-0.2, -0.15) is 13.2 Å². The standard InChI is InChI=1S/C26H24F5N3O2/c27-18-10-17(26(29,30)31)19(28)9-16(18)22(13-3-4-13)25-11-15(25)8-21(23(32)35)34(25)24(36)20-7-14(5-6-33-20)12-1-2-12/h5-7,9-10,12-13,15,21-22H,1-4,8,11H2,(H2,32,35)/t15?,21?,22-,25?/m1/s1. The number of nitrogens with two attached hydrogens (primary N) is 1. The largest absolute Gasteiger partial charge is 0.419 e. The SMILES string of the molecule is NC(=O)C1CC2CC2([C@@H](c2cc(F)c(C(F)(F)F)cc2F)C2CC2)N1C(=O)c1cc(C2CC2)ccn1. The molecule has 190 valence electrons. The van der Waals surface area contributed by atoms with Gasteiger partial charge in [-0.15, -0.1) is 0 Å². The Kier molecular flexibility index (Phi) is 5.02. The summed E-state index contributed by atoms with van der Waals surface area (Å²) in [5.74, 6) is -4.67. The van der Waals surface area contributed by atoms with Gasteiger partial charge < -0.3 is 10.6 Å². The number of aromatic nitrogens is 1. The number of pyridine rings is 1. The number of nitrogens with zero attached hydrogens (tertiary/aromatic N) is 2. The third-order valence-electron chi connectivity index (χ3n) is 8.35. The van der Waals surface area contributed by atoms with Gasteiger partial charge in [-0.05, 0) is 91.7 Å². The Hall–Kier alpha value is -3.04. The molecule has 1 aromatic heterocycles. The van der Waals surface area contributed by atoms with Crippen LogP contribution in [0, 0.1) is 23.5 Å². The van der Waals surface area contributed by atoms with Gasteiger partial charge in [0, 0.05) is 12.1 Å². The second-order valence-corrected chi connectivity index (χ2v) is 10.6. The molecule has 1 aromatic carbocycles. The van der Waals surface area contributed by atoms with Gasteiger partial charge in [0.1, 0.15) is 23.4 Å². The summed E-state index contributed by atoms with van der Waals surface area (Å²) in [6, 6.07) is 3.41. The number of primary amides is 1. The molecule has 36 heavy (non-hydrogen) atoms. The number of benzene rings is 1. The second kappa shape index (κ2) is 7.73. The van der Waals surface area contributed by atoms with E-state index in [1.165, 1.54) is 11.1 Å². The number of hydrogen-bond acceptors (Lipinski definition) is 3. The van der Waals surface area contributed by atoms with Crippen LogP contribution < -0.4 is 5.73 Å². The van der Waals surface area contributed by atoms with Crippen molar-refractivity contribution in [1.82, 2.24) is 9.88 Å². The zero-order valence-corrected chi connectivity index (χ0v) is 19.2. The Morgan fingerprint density at radius 2 is 1.81 bits per heavy atom. The van der Waals surface area contributed by atoms with Crippen molar-refractivity contribution in [3.63, 3.8) is 0 Å². The van der Waals surface area contributed by atoms with Crippen molar-refractivity contribution in [2.75, 3.05) is 0 Å². The quantitative estimate of drug-likeness (QED) is 0.567. The number of amides is 2. The lowest BCUT2D eigenvalue weighted by Crippen LogP contribution is -2.53. The summed E-state index contributed by atoms with van der Waals surface area (Å²) in [5, 5.41) is 0. The van der Waals surface area contributed by atoms with Gasteiger partial charge in [0.25, 0.3) is 5.91 Å². The lowest BCUT2D eigenvalue weighted by Gasteiger charge is -2.38. The van der Waals surface area contributed by atoms with Gasteiger partial charge >= 0.3 is 6.18 Å². The molecule has 3 aliphatic carbocycles. The number of carbonyl (C=O) groups excluding carboxylic acids is 2. The molecule has 2 amide bonds. The number of piperidine rings is 1. The van der Waals surface area contributed by atoms with E-state index in [-0.39, 0.29) is 35.6 Å². The first kappa shape index (κ1) is 23.4. The highest BCUT2D eigenvalue weighted by Gasteiger charge is 2.73. The molecule has 4 fully saturated rings. The molecule has 6 rings (SSSR count). The highest BCUT2D eigenvalue weighted by Crippen LogP contribution is 2.69. The Morgan fingerprint density at radius 1 is 1.08 bits per heavy atom. The van der Waals surface area contributed by atoms with Crippen molar-refractivity contribution in [2.45, 2.75) is 68.1 Å². The van der Waals surface area contributed by atoms with Gasteiger partial charge in [-0.25, -0.2) is 8.78 Å². The predicted molar refractivity (Wildman–Crippen MR) is 118 cm³/mol. The van der Waals surface area contributed by atoms with Crippen molar-refractivity contribution in [3.05, 3.63) is 64.5 Å². The van der Waals surface area contributed by atoms with E-state index in [0.29, 0.717) is 31.2 Å². The van der Waals surface area contributed by atoms with Crippen molar-refractivity contribution >= 4 is 11.8 Å². The zero-order valence-electron chi connectivity index (χ0n) is 19.2. The number of likely N-dealkylation sites (tertiary alicyclic amines) is 1. The number of hydrogen-bond donors (Lipinski definition) is 1. The first-order chi connectivity index (χ1) is 17.0. The molecule has 0 radical (unpaired) electrons. The molecule has 10 heteroatoms. The van der Waals surface area contributed by atoms with Crippen LogP contribution in [0.15, 0.2) is 30.5 Å². The highest BCUT2D eigenvalue weighted by atomic mass is 19.4. The number of alkyl halides is 3. The first-order valence-electron chi connectivity index (χ1n) is 12.2. The summed E-state index contributed by atoms with van der Waals surface area (Å²) in [5.41, 5.74) is 3.91. The minimum Gasteiger partial charge on any atom is -0.368 e. The van der Waals surface area contributed by atoms with E-state index in [4.69, 9.17) is 5.73 Å². The highest BCUT2D eigenvalue weighted by molar-refractivity contribution is 5.98. The molecular formula is C26H24F5N3O2. The fraction of sp³-hybridized carbons (Fsp3) is 0.500. The van der Waals surface area contributed by atoms with Crippen LogP contribution in [0.4, 0.5) is 22.0 Å². The van der Waals surface area contributed by atoms with E-state index in [1.54, 1.807) is 6.07 Å². The van der Waals surface area contributed by atoms with E-state index < -0.39 is 52.7 Å². The van der Waals surface area contributed by atoms with Crippen LogP contribution in [0.5, 0.6) is 0 Å². The summed E-state index contributed by atoms with van der Waals surface area (Å²) in [7, 11) is 0. The van der Waals surface area contributed by atoms with Crippen molar-refractivity contribution in [3.8, 4) is 0 Å². The Labute approximate surface area is 203 Å². The van der Waals surface area contributed by atoms with Crippen LogP contribution in [0.1, 0.15) is 77.5 Å². The van der Waals surface area contributed by atoms with E-state index >= 15 is 4.39 Å². The van der Waals surface area contributed by atoms with E-state index in [0.717, 1.165) is 18.4 Å². The number of carbonyl (C=O) groups is 2. The maximum atomic E-state index is 15.2. The van der Waals surface area contributed by atoms with Crippen LogP contribution in [0.3, 0.4) is 0 Å². The predicted octanol–water partition coefficient (Wildman–Crippen LogP) is 4.91. The molecule has 1 saturated heterocycles. The molecule has 2 N–H and O–H groups in total. The second-order valence-electron chi connectivity index (χ2n) is 10.6. The van der Waals surface area contributed by atoms with Crippen molar-refractivity contribution < 1.29 is 31.5 Å². The smallest absolute Gasteiger partial charge is 0.368 e. The monoisotopic (exact) mass is 505 g/mol. The number of halogens is 5. The summed E-state index contributed by atoms with van der Waals surface area (Å²) in [4.78, 5) is 31.9. The summed E-state index contributed by atoms with van der Waals surface area (Å²) in [6.45, 7) is 0. The van der Waals surface area contributed by atoms with Gasteiger partial charge in [0.2, 0.25) is 5.91 Å². The number of rotatable bonds is 6. The van der Waals surface area contributed by atoms with Crippen molar-refractivity contribution in [1.29, 1.82) is 0 Å². The Morgan fingerprint density at radius 3 is 2.42 bits per heavy atom. The molecule has 2 heterocycles. The van der Waals surface area contributed by atoms with E-state index in [2.05, 4.69) is 4.98 Å². The van der Waals surface area contributed by atoms with Crippen LogP contribution >= 0.6 is 0 Å². The van der Waals surface area contributed by atoms with Crippen molar-refractivity contribution in [2.24, 2.45) is 17.6 Å². The first-order valence-corrected chi connectivity index (χ1v) is 12.2. The van der Waals surface area contributed by atoms with Gasteiger partial charge in [0.05, 0.1) is 11.1 Å². The molecule has 3 saturated carbocycles. The number of fused-ring (bicyclic) bond motifs is 1. The molecule has 1 aliphatic heterocycles. The molecule has 3 unspecified atom stereocenters. The van der Waals surface area contributed by atoms with Crippen LogP contribution in [-0.4, -0.2) is 33.3 Å². The lowest BCUT2D eigenvalue weighted by atomic mass is 9.82. The third kappa shape index (κ3) is 3.59. The molecule has 4 atom stereocenters. The minimum absolute atomic E-state index is 0.145. The third-order valence-corrected chi connectivity index (χ3v) is 8.35. The topological polar surface area (TPSA) is 76.3 Å². The van der Waals surface area contributed by atoms with Gasteiger partial charge in [-0.3, -0.25) is 14.6 Å². The Bertz CT molecular complexity index is 1270. The fourth-order valence-electron chi connectivity index (χ4n) is 6.42. The lowest BCUT2D eigenvalue weighted by molar-refractivity contribution is -0.140. The average molecular weight is 505 g/mol. The maximum Gasteiger partial charge on any atom is 0.419 e. The van der Waals surface area contributed by atoms with Crippen LogP contribution in [0.2, 0.25) is 0 Å². The van der Waals surface area contributed by atoms with Crippen LogP contribution in [-0.2, 0) is 11.0 Å². The molecule has 0 bridgehead atoms. The van der Waals surface area contributed by atoms with Gasteiger partial charge in [-0.1, -0.05) is 0 Å². The minimum atomic E-state index is -5.04. The normalized spacial score (nSPS) is 28.1. The van der Waals surface area contributed by atoms with E-state index in [1.807, 2.05) is 6.07 Å². The summed E-state index contributed by atoms with van der Waals surface area (Å²) < 4.78 is 69.4. The van der Waals surface area contributed by atoms with E-state index in [9.17, 15) is 27.2 Å². The Balaban J connectivity index is 1.44. The fourth-order valence-corrected chi connectivity index (χ4v) is 6.42. The van der Waals surface area contributed by atoms with Gasteiger partial charge in [0.15, 0.2) is 0 Å². The zero-order chi connectivity index (χ0) is 25.6. The molecule has 4 aliphatic rings. The average Bonchev–Trinajstić information content (AvgIpc) is 3.69. The summed E-state index contributed by atoms with van der Waals surface area (Å²) in [6.07, 6.45) is 0.574. The molecule has 0 spiro atoms. The van der Waals surface area contributed by atoms with Crippen LogP contribution in [0.25, 0.3) is 0 Å². The molecule has 2 aromatic rings.